The second kappa shape index (κ2) is 9.49. The smallest absolute Gasteiger partial charge is 0.307 e. The lowest BCUT2D eigenvalue weighted by Crippen LogP contribution is -2.56. The summed E-state index contributed by atoms with van der Waals surface area (Å²) in [4.78, 5) is 18.8. The standard InChI is InChI=1S/C27H29N3O2S/c1-33(32)22-13-9-10-20(18-22)19-29-17-8-7-16-25(29)30-26(21-11-3-2-4-12-21)23-14-5-6-15-24(23)28-27(30)31/h2-6,9-15,18,25-26H,7-8,16-17,19H2,1H3,(H,28,31). The average Bonchev–Trinajstić information content (AvgIpc) is 2.84. The van der Waals surface area contributed by atoms with Gasteiger partial charge in [-0.05, 0) is 48.6 Å². The minimum absolute atomic E-state index is 0.0203. The highest BCUT2D eigenvalue weighted by molar-refractivity contribution is 7.84. The fraction of sp³-hybridized carbons (Fsp3) is 0.296. The lowest BCUT2D eigenvalue weighted by atomic mass is 9.92. The summed E-state index contributed by atoms with van der Waals surface area (Å²) in [6, 6.07) is 26.2. The predicted octanol–water partition coefficient (Wildman–Crippen LogP) is 5.37. The summed E-state index contributed by atoms with van der Waals surface area (Å²) >= 11 is 0. The number of likely N-dealkylation sites (tertiary alicyclic amines) is 1. The van der Waals surface area contributed by atoms with E-state index >= 15 is 0 Å². The summed E-state index contributed by atoms with van der Waals surface area (Å²) in [6.45, 7) is 1.65. The topological polar surface area (TPSA) is 52.7 Å². The van der Waals surface area contributed by atoms with Crippen LogP contribution in [0.3, 0.4) is 0 Å². The molecule has 0 aliphatic carbocycles. The Balaban J connectivity index is 1.52. The minimum atomic E-state index is -1.01. The summed E-state index contributed by atoms with van der Waals surface area (Å²) in [5.41, 5.74) is 4.25. The van der Waals surface area contributed by atoms with Crippen molar-refractivity contribution in [2.75, 3.05) is 18.1 Å². The molecule has 5 rings (SSSR count). The van der Waals surface area contributed by atoms with E-state index in [-0.39, 0.29) is 18.2 Å². The molecule has 1 saturated heterocycles. The van der Waals surface area contributed by atoms with Gasteiger partial charge in [-0.15, -0.1) is 0 Å². The zero-order chi connectivity index (χ0) is 22.8. The zero-order valence-electron chi connectivity index (χ0n) is 18.8. The third-order valence-electron chi connectivity index (χ3n) is 6.64. The Morgan fingerprint density at radius 2 is 1.76 bits per heavy atom. The van der Waals surface area contributed by atoms with Gasteiger partial charge in [0.25, 0.3) is 0 Å². The molecule has 6 heteroatoms. The van der Waals surface area contributed by atoms with Crippen molar-refractivity contribution in [3.8, 4) is 0 Å². The zero-order valence-corrected chi connectivity index (χ0v) is 19.6. The minimum Gasteiger partial charge on any atom is -0.307 e. The molecule has 2 aliphatic heterocycles. The number of urea groups is 1. The van der Waals surface area contributed by atoms with E-state index in [1.54, 1.807) is 6.26 Å². The number of benzene rings is 3. The third kappa shape index (κ3) is 4.45. The molecule has 2 amide bonds. The van der Waals surface area contributed by atoms with Gasteiger partial charge in [0.1, 0.15) is 0 Å². The van der Waals surface area contributed by atoms with Crippen LogP contribution in [0.25, 0.3) is 0 Å². The number of rotatable bonds is 5. The maximum Gasteiger partial charge on any atom is 0.323 e. The highest BCUT2D eigenvalue weighted by atomic mass is 32.2. The summed E-state index contributed by atoms with van der Waals surface area (Å²) in [5, 5.41) is 3.14. The SMILES string of the molecule is CS(=O)c1cccc(CN2CCCCC2N2C(=O)Nc3ccccc3C2c2ccccc2)c1. The van der Waals surface area contributed by atoms with Gasteiger partial charge in [-0.1, -0.05) is 60.7 Å². The largest absolute Gasteiger partial charge is 0.323 e. The van der Waals surface area contributed by atoms with E-state index in [4.69, 9.17) is 0 Å². The molecule has 1 N–H and O–H groups in total. The van der Waals surface area contributed by atoms with Crippen molar-refractivity contribution >= 4 is 22.5 Å². The van der Waals surface area contributed by atoms with Crippen LogP contribution in [0, 0.1) is 0 Å². The molecule has 3 atom stereocenters. The highest BCUT2D eigenvalue weighted by Crippen LogP contribution is 2.41. The maximum absolute atomic E-state index is 13.5. The molecule has 1 fully saturated rings. The molecule has 0 spiro atoms. The quantitative estimate of drug-likeness (QED) is 0.558. The summed E-state index contributed by atoms with van der Waals surface area (Å²) < 4.78 is 12.0. The number of anilines is 1. The third-order valence-corrected chi connectivity index (χ3v) is 7.56. The van der Waals surface area contributed by atoms with Gasteiger partial charge in [-0.3, -0.25) is 14.0 Å². The van der Waals surface area contributed by atoms with Crippen LogP contribution in [0.5, 0.6) is 0 Å². The lowest BCUT2D eigenvalue weighted by molar-refractivity contribution is 0.0184. The molecule has 2 aliphatic rings. The van der Waals surface area contributed by atoms with Gasteiger partial charge in [-0.2, -0.15) is 0 Å². The van der Waals surface area contributed by atoms with E-state index in [9.17, 15) is 9.00 Å². The van der Waals surface area contributed by atoms with Gasteiger partial charge in [-0.25, -0.2) is 4.79 Å². The molecule has 0 radical (unpaired) electrons. The Bertz CT molecular complexity index is 1170. The van der Waals surface area contributed by atoms with Gasteiger partial charge in [0, 0.05) is 46.3 Å². The van der Waals surface area contributed by atoms with Crippen LogP contribution >= 0.6 is 0 Å². The Hall–Kier alpha value is -2.96. The van der Waals surface area contributed by atoms with E-state index < -0.39 is 10.8 Å². The first-order chi connectivity index (χ1) is 16.1. The van der Waals surface area contributed by atoms with Crippen LogP contribution in [0.1, 0.15) is 42.0 Å². The van der Waals surface area contributed by atoms with Crippen molar-refractivity contribution in [2.45, 2.75) is 42.9 Å². The Morgan fingerprint density at radius 1 is 0.970 bits per heavy atom. The molecule has 5 nitrogen and oxygen atoms in total. The molecular weight excluding hydrogens is 430 g/mol. The van der Waals surface area contributed by atoms with E-state index in [1.165, 1.54) is 0 Å². The molecule has 33 heavy (non-hydrogen) atoms. The number of nitrogens with one attached hydrogen (secondary N) is 1. The number of amides is 2. The second-order valence-electron chi connectivity index (χ2n) is 8.79. The van der Waals surface area contributed by atoms with Gasteiger partial charge < -0.3 is 5.32 Å². The molecule has 0 aromatic heterocycles. The van der Waals surface area contributed by atoms with Crippen LogP contribution < -0.4 is 5.32 Å². The average molecular weight is 460 g/mol. The number of piperidine rings is 1. The number of carbonyl (C=O) groups is 1. The van der Waals surface area contributed by atoms with Gasteiger partial charge >= 0.3 is 6.03 Å². The summed E-state index contributed by atoms with van der Waals surface area (Å²) in [7, 11) is -1.01. The van der Waals surface area contributed by atoms with E-state index in [0.29, 0.717) is 0 Å². The Morgan fingerprint density at radius 3 is 2.58 bits per heavy atom. The fourth-order valence-corrected chi connectivity index (χ4v) is 5.70. The molecule has 2 heterocycles. The van der Waals surface area contributed by atoms with Crippen molar-refractivity contribution in [3.63, 3.8) is 0 Å². The molecular formula is C27H29N3O2S. The van der Waals surface area contributed by atoms with Gasteiger partial charge in [0.2, 0.25) is 0 Å². The van der Waals surface area contributed by atoms with Gasteiger partial charge in [0.15, 0.2) is 0 Å². The van der Waals surface area contributed by atoms with Crippen LogP contribution in [0.4, 0.5) is 10.5 Å². The second-order valence-corrected chi connectivity index (χ2v) is 10.2. The number of hydrogen-bond acceptors (Lipinski definition) is 3. The first-order valence-corrected chi connectivity index (χ1v) is 13.1. The number of para-hydroxylation sites is 1. The first-order valence-electron chi connectivity index (χ1n) is 11.5. The number of fused-ring (bicyclic) bond motifs is 1. The van der Waals surface area contributed by atoms with Crippen LogP contribution in [0.2, 0.25) is 0 Å². The van der Waals surface area contributed by atoms with Crippen molar-refractivity contribution in [1.82, 2.24) is 9.80 Å². The van der Waals surface area contributed by atoms with Crippen LogP contribution in [0.15, 0.2) is 83.8 Å². The van der Waals surface area contributed by atoms with Crippen molar-refractivity contribution in [3.05, 3.63) is 95.6 Å². The normalized spacial score (nSPS) is 21.8. The van der Waals surface area contributed by atoms with E-state index in [0.717, 1.165) is 59.6 Å². The molecule has 3 aromatic rings. The van der Waals surface area contributed by atoms with Crippen molar-refractivity contribution < 1.29 is 9.00 Å². The Kier molecular flexibility index (Phi) is 6.29. The number of hydrogen-bond donors (Lipinski definition) is 1. The monoisotopic (exact) mass is 459 g/mol. The molecule has 3 unspecified atom stereocenters. The predicted molar refractivity (Wildman–Crippen MR) is 132 cm³/mol. The lowest BCUT2D eigenvalue weighted by Gasteiger charge is -2.48. The van der Waals surface area contributed by atoms with Crippen LogP contribution in [-0.4, -0.2) is 39.0 Å². The summed E-state index contributed by atoms with van der Waals surface area (Å²) in [5.74, 6) is 0. The number of nitrogens with zero attached hydrogens (tertiary/aromatic N) is 2. The number of carbonyl (C=O) groups excluding carboxylic acids is 1. The maximum atomic E-state index is 13.5. The molecule has 3 aromatic carbocycles. The van der Waals surface area contributed by atoms with E-state index in [1.807, 2.05) is 59.5 Å². The summed E-state index contributed by atoms with van der Waals surface area (Å²) in [6.07, 6.45) is 4.82. The molecule has 0 saturated carbocycles. The van der Waals surface area contributed by atoms with E-state index in [2.05, 4.69) is 34.5 Å². The van der Waals surface area contributed by atoms with Crippen molar-refractivity contribution in [2.24, 2.45) is 0 Å². The fourth-order valence-electron chi connectivity index (χ4n) is 5.11. The first kappa shape index (κ1) is 21.9. The van der Waals surface area contributed by atoms with Gasteiger partial charge in [0.05, 0.1) is 12.2 Å². The molecule has 0 bridgehead atoms. The Labute approximate surface area is 197 Å². The van der Waals surface area contributed by atoms with Crippen molar-refractivity contribution in [1.29, 1.82) is 0 Å². The van der Waals surface area contributed by atoms with Crippen LogP contribution in [-0.2, 0) is 17.3 Å². The molecule has 170 valence electrons. The highest BCUT2D eigenvalue weighted by Gasteiger charge is 2.40.